The van der Waals surface area contributed by atoms with Gasteiger partial charge in [-0.25, -0.2) is 0 Å². The summed E-state index contributed by atoms with van der Waals surface area (Å²) in [5.74, 6) is -0.223. The van der Waals surface area contributed by atoms with Gasteiger partial charge in [0.05, 0.1) is 39.9 Å². The first-order valence-electron chi connectivity index (χ1n) is 28.4. The summed E-state index contributed by atoms with van der Waals surface area (Å²) in [6.45, 7) is 4.48. The van der Waals surface area contributed by atoms with Crippen molar-refractivity contribution in [3.8, 4) is 0 Å². The van der Waals surface area contributed by atoms with Gasteiger partial charge in [-0.2, -0.15) is 0 Å². The molecule has 0 aliphatic carbocycles. The van der Waals surface area contributed by atoms with Gasteiger partial charge in [0, 0.05) is 6.42 Å². The third-order valence-electron chi connectivity index (χ3n) is 11.9. The van der Waals surface area contributed by atoms with Gasteiger partial charge in [0.25, 0.3) is 7.82 Å². The molecule has 1 amide bonds. The number of phosphoric acid groups is 1. The number of allylic oxidation sites excluding steroid dienone is 19. The Morgan fingerprint density at radius 3 is 1.31 bits per heavy atom. The predicted octanol–water partition coefficient (Wildman–Crippen LogP) is 16.7. The van der Waals surface area contributed by atoms with Crippen LogP contribution in [0.2, 0.25) is 0 Å². The quantitative estimate of drug-likeness (QED) is 0.0272. The van der Waals surface area contributed by atoms with Crippen LogP contribution >= 0.6 is 7.82 Å². The van der Waals surface area contributed by atoms with Crippen LogP contribution < -0.4 is 10.2 Å². The van der Waals surface area contributed by atoms with Crippen LogP contribution in [0.15, 0.2) is 122 Å². The van der Waals surface area contributed by atoms with Crippen LogP contribution in [0.5, 0.6) is 0 Å². The maximum atomic E-state index is 13.0. The van der Waals surface area contributed by atoms with Crippen molar-refractivity contribution in [3.05, 3.63) is 122 Å². The van der Waals surface area contributed by atoms with E-state index >= 15 is 0 Å². The highest BCUT2D eigenvalue weighted by molar-refractivity contribution is 7.45. The maximum absolute atomic E-state index is 13.0. The summed E-state index contributed by atoms with van der Waals surface area (Å²) in [7, 11) is 1.21. The fourth-order valence-corrected chi connectivity index (χ4v) is 8.18. The van der Waals surface area contributed by atoms with E-state index in [1.54, 1.807) is 6.08 Å². The smallest absolute Gasteiger partial charge is 0.268 e. The van der Waals surface area contributed by atoms with Gasteiger partial charge in [-0.05, 0) is 103 Å². The summed E-state index contributed by atoms with van der Waals surface area (Å²) in [4.78, 5) is 25.5. The molecule has 3 atom stereocenters. The molecule has 406 valence electrons. The molecule has 0 fully saturated rings. The summed E-state index contributed by atoms with van der Waals surface area (Å²) in [5, 5.41) is 13.8. The SMILES string of the molecule is CC/C=C\C/C=C\C/C=C\C/C=C\C/C=C\C/C=C\C/C=C\CCCCCCCCCCCC(=O)NC(COP(=O)([O-])OCC[N+](C)(C)C)C(O)/C=C/CC/C=C/CC/C=C/CCCCCCCCCC. The van der Waals surface area contributed by atoms with E-state index in [-0.39, 0.29) is 12.5 Å². The lowest BCUT2D eigenvalue weighted by atomic mass is 10.1. The lowest BCUT2D eigenvalue weighted by Crippen LogP contribution is -2.45. The van der Waals surface area contributed by atoms with Crippen LogP contribution in [-0.4, -0.2) is 68.5 Å². The molecule has 0 saturated heterocycles. The van der Waals surface area contributed by atoms with E-state index in [1.165, 1.54) is 89.9 Å². The Morgan fingerprint density at radius 2 is 0.873 bits per heavy atom. The fraction of sp³-hybridized carbons (Fsp3) is 0.661. The second-order valence-electron chi connectivity index (χ2n) is 19.9. The number of quaternary nitrogens is 1. The number of aliphatic hydroxyl groups is 1. The summed E-state index contributed by atoms with van der Waals surface area (Å²) >= 11 is 0. The Kier molecular flexibility index (Phi) is 49.5. The van der Waals surface area contributed by atoms with Crippen LogP contribution in [0.4, 0.5) is 0 Å². The summed E-state index contributed by atoms with van der Waals surface area (Å²) < 4.78 is 23.3. The molecular formula is C62H107N2O6P. The number of rotatable bonds is 50. The largest absolute Gasteiger partial charge is 0.756 e. The number of carbonyl (C=O) groups is 1. The van der Waals surface area contributed by atoms with E-state index in [1.807, 2.05) is 27.2 Å². The average molecular weight is 1010 g/mol. The third kappa shape index (κ3) is 54.5. The minimum atomic E-state index is -4.62. The van der Waals surface area contributed by atoms with Crippen molar-refractivity contribution in [2.24, 2.45) is 0 Å². The van der Waals surface area contributed by atoms with Crippen molar-refractivity contribution in [3.63, 3.8) is 0 Å². The van der Waals surface area contributed by atoms with Crippen LogP contribution in [-0.2, 0) is 18.4 Å². The first-order chi connectivity index (χ1) is 34.5. The molecule has 0 bridgehead atoms. The lowest BCUT2D eigenvalue weighted by molar-refractivity contribution is -0.870. The van der Waals surface area contributed by atoms with Crippen LogP contribution in [0.1, 0.15) is 213 Å². The van der Waals surface area contributed by atoms with Crippen molar-refractivity contribution >= 4 is 13.7 Å². The second-order valence-corrected chi connectivity index (χ2v) is 21.3. The highest BCUT2D eigenvalue weighted by Gasteiger charge is 2.23. The van der Waals surface area contributed by atoms with Gasteiger partial charge in [0.15, 0.2) is 0 Å². The normalized spacial score (nSPS) is 14.9. The molecule has 0 aromatic carbocycles. The molecule has 0 aromatic heterocycles. The molecule has 2 N–H and O–H groups in total. The summed E-state index contributed by atoms with van der Waals surface area (Å²) in [5.41, 5.74) is 0. The minimum absolute atomic E-state index is 0.0166. The van der Waals surface area contributed by atoms with E-state index < -0.39 is 26.6 Å². The summed E-state index contributed by atoms with van der Waals surface area (Å²) in [6.07, 6.45) is 77.0. The topological polar surface area (TPSA) is 108 Å². The number of likely N-dealkylation sites (N-methyl/N-ethyl adjacent to an activating group) is 1. The van der Waals surface area contributed by atoms with E-state index in [2.05, 4.69) is 129 Å². The van der Waals surface area contributed by atoms with Gasteiger partial charge in [-0.15, -0.1) is 0 Å². The number of carbonyl (C=O) groups excluding carboxylic acids is 1. The molecule has 0 aliphatic rings. The van der Waals surface area contributed by atoms with Gasteiger partial charge >= 0.3 is 0 Å². The number of hydrogen-bond donors (Lipinski definition) is 2. The zero-order valence-electron chi connectivity index (χ0n) is 46.1. The molecule has 3 unspecified atom stereocenters. The Balaban J connectivity index is 4.29. The Labute approximate surface area is 437 Å². The van der Waals surface area contributed by atoms with Crippen molar-refractivity contribution in [2.45, 2.75) is 225 Å². The van der Waals surface area contributed by atoms with E-state index in [0.29, 0.717) is 17.4 Å². The first kappa shape index (κ1) is 67.9. The Bertz CT molecular complexity index is 1560. The number of aliphatic hydroxyl groups excluding tert-OH is 1. The molecule has 0 radical (unpaired) electrons. The van der Waals surface area contributed by atoms with Gasteiger partial charge in [0.1, 0.15) is 13.2 Å². The fourth-order valence-electron chi connectivity index (χ4n) is 7.46. The van der Waals surface area contributed by atoms with Crippen molar-refractivity contribution in [1.29, 1.82) is 0 Å². The number of unbranched alkanes of at least 4 members (excludes halogenated alkanes) is 19. The first-order valence-corrected chi connectivity index (χ1v) is 29.9. The molecule has 0 saturated carbocycles. The van der Waals surface area contributed by atoms with Gasteiger partial charge in [-0.3, -0.25) is 9.36 Å². The highest BCUT2D eigenvalue weighted by atomic mass is 31.2. The molecule has 9 heteroatoms. The van der Waals surface area contributed by atoms with Gasteiger partial charge < -0.3 is 28.8 Å². The number of nitrogens with one attached hydrogen (secondary N) is 1. The molecule has 0 rings (SSSR count). The van der Waals surface area contributed by atoms with E-state index in [0.717, 1.165) is 103 Å². The predicted molar refractivity (Wildman–Crippen MR) is 306 cm³/mol. The standard InChI is InChI=1S/C62H107N2O6P/c1-6-8-10-12-14-16-18-20-22-24-26-27-28-29-30-31-32-33-34-35-36-37-38-40-42-44-46-48-50-52-54-56-62(66)63-60(59-70-71(67,68)69-58-57-64(3,4)5)61(65)55-53-51-49-47-45-43-41-39-25-23-21-19-17-15-13-11-9-7-2/h8,10,14,16,20,22,25-27,29-30,32-33,35-36,39,45,47,53,55,60-61,65H,6-7,9,11-13,15,17-19,21,23-24,28,31,34,37-38,40-44,46,48-52,54,56-59H2,1-5H3,(H-,63,66,67,68)/b10-8-,16-14-,22-20-,27-26-,30-29-,33-32-,36-35-,39-25+,47-45+,55-53+. The molecule has 71 heavy (non-hydrogen) atoms. The maximum Gasteiger partial charge on any atom is 0.268 e. The van der Waals surface area contributed by atoms with Crippen LogP contribution in [0, 0.1) is 0 Å². The lowest BCUT2D eigenvalue weighted by Gasteiger charge is -2.29. The Hall–Kier alpha value is -3.10. The Morgan fingerprint density at radius 1 is 0.507 bits per heavy atom. The zero-order chi connectivity index (χ0) is 52.0. The monoisotopic (exact) mass is 1010 g/mol. The van der Waals surface area contributed by atoms with Gasteiger partial charge in [0.2, 0.25) is 5.91 Å². The molecule has 0 heterocycles. The van der Waals surface area contributed by atoms with Crippen LogP contribution in [0.3, 0.4) is 0 Å². The number of hydrogen-bond acceptors (Lipinski definition) is 6. The molecule has 0 aromatic rings. The number of phosphoric ester groups is 1. The third-order valence-corrected chi connectivity index (χ3v) is 12.8. The molecule has 0 spiro atoms. The molecular weight excluding hydrogens is 900 g/mol. The molecule has 0 aliphatic heterocycles. The molecule has 8 nitrogen and oxygen atoms in total. The van der Waals surface area contributed by atoms with Crippen molar-refractivity contribution in [2.75, 3.05) is 40.9 Å². The summed E-state index contributed by atoms with van der Waals surface area (Å²) in [6, 6.07) is -0.922. The zero-order valence-corrected chi connectivity index (χ0v) is 47.0. The van der Waals surface area contributed by atoms with Gasteiger partial charge in [-0.1, -0.05) is 225 Å². The average Bonchev–Trinajstić information content (AvgIpc) is 3.33. The second kappa shape index (κ2) is 51.8. The van der Waals surface area contributed by atoms with Crippen molar-refractivity contribution in [1.82, 2.24) is 5.32 Å². The van der Waals surface area contributed by atoms with Crippen LogP contribution in [0.25, 0.3) is 0 Å². The van der Waals surface area contributed by atoms with Crippen molar-refractivity contribution < 1.29 is 32.9 Å². The van der Waals surface area contributed by atoms with E-state index in [4.69, 9.17) is 9.05 Å². The number of nitrogens with zero attached hydrogens (tertiary/aromatic N) is 1. The number of amides is 1. The minimum Gasteiger partial charge on any atom is -0.756 e. The van der Waals surface area contributed by atoms with E-state index in [9.17, 15) is 19.4 Å². The highest BCUT2D eigenvalue weighted by Crippen LogP contribution is 2.38.